The third-order valence-corrected chi connectivity index (χ3v) is 3.53. The van der Waals surface area contributed by atoms with E-state index >= 15 is 0 Å². The molecule has 0 spiro atoms. The summed E-state index contributed by atoms with van der Waals surface area (Å²) in [6, 6.07) is 2.25. The van der Waals surface area contributed by atoms with E-state index in [1.807, 2.05) is 0 Å². The Bertz CT molecular complexity index is 577. The van der Waals surface area contributed by atoms with Crippen LogP contribution in [0.5, 0.6) is 0 Å². The maximum atomic E-state index is 11.7. The van der Waals surface area contributed by atoms with Crippen molar-refractivity contribution >= 4 is 5.91 Å². The Balaban J connectivity index is 1.85. The fourth-order valence-corrected chi connectivity index (χ4v) is 2.49. The van der Waals surface area contributed by atoms with Crippen LogP contribution in [0.15, 0.2) is 21.7 Å². The minimum atomic E-state index is -0.423. The average molecular weight is 281 g/mol. The van der Waals surface area contributed by atoms with Crippen LogP contribution in [0.2, 0.25) is 0 Å². The van der Waals surface area contributed by atoms with Gasteiger partial charge in [0.15, 0.2) is 0 Å². The van der Waals surface area contributed by atoms with Gasteiger partial charge in [0.1, 0.15) is 6.54 Å². The molecular formula is C13H19N3O4. The van der Waals surface area contributed by atoms with Gasteiger partial charge in [-0.2, -0.15) is 0 Å². The zero-order chi connectivity index (χ0) is 14.5. The van der Waals surface area contributed by atoms with Gasteiger partial charge >= 0.3 is 0 Å². The predicted molar refractivity (Wildman–Crippen MR) is 72.3 cm³/mol. The molecule has 0 bridgehead atoms. The second-order valence-corrected chi connectivity index (χ2v) is 5.22. The molecule has 1 saturated carbocycles. The molecule has 0 saturated heterocycles. The molecule has 7 heteroatoms. The molecular weight excluding hydrogens is 262 g/mol. The molecule has 1 heterocycles. The van der Waals surface area contributed by atoms with Crippen molar-refractivity contribution in [3.8, 4) is 0 Å². The van der Waals surface area contributed by atoms with Crippen LogP contribution in [-0.4, -0.2) is 33.4 Å². The summed E-state index contributed by atoms with van der Waals surface area (Å²) in [5, 5.41) is 14.6. The largest absolute Gasteiger partial charge is 0.393 e. The number of carbonyl (C=O) groups is 1. The number of aromatic amines is 1. The monoisotopic (exact) mass is 281 g/mol. The summed E-state index contributed by atoms with van der Waals surface area (Å²) in [7, 11) is 0. The van der Waals surface area contributed by atoms with Crippen LogP contribution in [-0.2, 0) is 11.3 Å². The van der Waals surface area contributed by atoms with E-state index in [2.05, 4.69) is 10.4 Å². The number of aliphatic hydroxyl groups is 1. The highest BCUT2D eigenvalue weighted by Gasteiger charge is 2.20. The van der Waals surface area contributed by atoms with Gasteiger partial charge < -0.3 is 10.4 Å². The number of rotatable bonds is 4. The standard InChI is InChI=1S/C13H19N3O4/c17-10-3-1-2-9(6-10)7-14-12(19)8-16-13(20)5-4-11(18)15-16/h4-5,9-10,17H,1-3,6-8H2,(H,14,19)(H,15,18). The Morgan fingerprint density at radius 2 is 2.20 bits per heavy atom. The summed E-state index contributed by atoms with van der Waals surface area (Å²) >= 11 is 0. The van der Waals surface area contributed by atoms with Gasteiger partial charge in [0.25, 0.3) is 11.1 Å². The first-order chi connectivity index (χ1) is 9.54. The topological polar surface area (TPSA) is 104 Å². The molecule has 1 aliphatic rings. The Morgan fingerprint density at radius 1 is 1.40 bits per heavy atom. The molecule has 1 fully saturated rings. The van der Waals surface area contributed by atoms with Crippen LogP contribution in [0.25, 0.3) is 0 Å². The van der Waals surface area contributed by atoms with E-state index in [-0.39, 0.29) is 24.5 Å². The van der Waals surface area contributed by atoms with E-state index in [1.54, 1.807) is 0 Å². The number of nitrogens with one attached hydrogen (secondary N) is 2. The van der Waals surface area contributed by atoms with Crippen LogP contribution in [0.4, 0.5) is 0 Å². The van der Waals surface area contributed by atoms with Gasteiger partial charge in [-0.05, 0) is 25.2 Å². The fraction of sp³-hybridized carbons (Fsp3) is 0.615. The van der Waals surface area contributed by atoms with E-state index in [4.69, 9.17) is 0 Å². The van der Waals surface area contributed by atoms with Crippen molar-refractivity contribution in [3.63, 3.8) is 0 Å². The Hall–Kier alpha value is -1.89. The molecule has 110 valence electrons. The fourth-order valence-electron chi connectivity index (χ4n) is 2.49. The van der Waals surface area contributed by atoms with Gasteiger partial charge in [-0.25, -0.2) is 4.68 Å². The molecule has 0 radical (unpaired) electrons. The van der Waals surface area contributed by atoms with E-state index in [9.17, 15) is 19.5 Å². The Morgan fingerprint density at radius 3 is 2.95 bits per heavy atom. The second-order valence-electron chi connectivity index (χ2n) is 5.22. The number of hydrogen-bond acceptors (Lipinski definition) is 4. The number of carbonyl (C=O) groups excluding carboxylic acids is 1. The Labute approximate surface area is 115 Å². The van der Waals surface area contributed by atoms with Gasteiger partial charge in [0.05, 0.1) is 6.10 Å². The van der Waals surface area contributed by atoms with Crippen molar-refractivity contribution < 1.29 is 9.90 Å². The summed E-state index contributed by atoms with van der Waals surface area (Å²) in [5.74, 6) is -0.0525. The maximum Gasteiger partial charge on any atom is 0.265 e. The molecule has 20 heavy (non-hydrogen) atoms. The van der Waals surface area contributed by atoms with Crippen LogP contribution >= 0.6 is 0 Å². The van der Waals surface area contributed by atoms with Gasteiger partial charge in [-0.3, -0.25) is 19.5 Å². The van der Waals surface area contributed by atoms with E-state index < -0.39 is 11.1 Å². The van der Waals surface area contributed by atoms with Crippen molar-refractivity contribution in [3.05, 3.63) is 32.8 Å². The molecule has 1 aliphatic carbocycles. The first kappa shape index (κ1) is 14.5. The third kappa shape index (κ3) is 4.06. The van der Waals surface area contributed by atoms with E-state index in [0.717, 1.165) is 36.1 Å². The molecule has 0 aromatic carbocycles. The number of amides is 1. The highest BCUT2D eigenvalue weighted by molar-refractivity contribution is 5.75. The molecule has 1 aromatic rings. The number of aromatic nitrogens is 2. The average Bonchev–Trinajstić information content (AvgIpc) is 2.41. The summed E-state index contributed by atoms with van der Waals surface area (Å²) in [4.78, 5) is 34.3. The third-order valence-electron chi connectivity index (χ3n) is 3.53. The smallest absolute Gasteiger partial charge is 0.265 e. The Kier molecular flexibility index (Phi) is 4.73. The van der Waals surface area contributed by atoms with Crippen LogP contribution in [0.3, 0.4) is 0 Å². The van der Waals surface area contributed by atoms with Crippen LogP contribution in [0, 0.1) is 5.92 Å². The summed E-state index contributed by atoms with van der Waals surface area (Å²) in [5.41, 5.74) is -0.847. The lowest BCUT2D eigenvalue weighted by Gasteiger charge is -2.25. The maximum absolute atomic E-state index is 11.7. The van der Waals surface area contributed by atoms with Crippen molar-refractivity contribution in [1.82, 2.24) is 15.1 Å². The van der Waals surface area contributed by atoms with Gasteiger partial charge in [-0.1, -0.05) is 6.42 Å². The molecule has 3 N–H and O–H groups in total. The van der Waals surface area contributed by atoms with Crippen molar-refractivity contribution in [2.75, 3.05) is 6.54 Å². The summed E-state index contributed by atoms with van der Waals surface area (Å²) < 4.78 is 0.980. The number of aliphatic hydroxyl groups excluding tert-OH is 1. The predicted octanol–water partition coefficient (Wildman–Crippen LogP) is -0.796. The minimum Gasteiger partial charge on any atom is -0.393 e. The first-order valence-corrected chi connectivity index (χ1v) is 6.79. The zero-order valence-electron chi connectivity index (χ0n) is 11.2. The molecule has 2 atom stereocenters. The number of H-pyrrole nitrogens is 1. The van der Waals surface area contributed by atoms with Gasteiger partial charge in [-0.15, -0.1) is 0 Å². The number of nitrogens with zero attached hydrogens (tertiary/aromatic N) is 1. The van der Waals surface area contributed by atoms with E-state index in [0.29, 0.717) is 13.0 Å². The zero-order valence-corrected chi connectivity index (χ0v) is 11.2. The molecule has 2 rings (SSSR count). The lowest BCUT2D eigenvalue weighted by atomic mass is 9.87. The number of hydrogen-bond donors (Lipinski definition) is 3. The van der Waals surface area contributed by atoms with Crippen LogP contribution < -0.4 is 16.4 Å². The molecule has 0 aliphatic heterocycles. The lowest BCUT2D eigenvalue weighted by molar-refractivity contribution is -0.122. The second kappa shape index (κ2) is 6.51. The minimum absolute atomic E-state index is 0.204. The van der Waals surface area contributed by atoms with Crippen molar-refractivity contribution in [2.24, 2.45) is 5.92 Å². The molecule has 1 aromatic heterocycles. The molecule has 7 nitrogen and oxygen atoms in total. The molecule has 2 unspecified atom stereocenters. The lowest BCUT2D eigenvalue weighted by Crippen LogP contribution is -2.38. The van der Waals surface area contributed by atoms with Crippen molar-refractivity contribution in [2.45, 2.75) is 38.3 Å². The van der Waals surface area contributed by atoms with Gasteiger partial charge in [0, 0.05) is 18.7 Å². The molecule has 1 amide bonds. The van der Waals surface area contributed by atoms with Crippen LogP contribution in [0.1, 0.15) is 25.7 Å². The van der Waals surface area contributed by atoms with Crippen molar-refractivity contribution in [1.29, 1.82) is 0 Å². The highest BCUT2D eigenvalue weighted by atomic mass is 16.3. The van der Waals surface area contributed by atoms with E-state index in [1.165, 1.54) is 0 Å². The normalized spacial score (nSPS) is 22.4. The quantitative estimate of drug-likeness (QED) is 0.672. The SMILES string of the molecule is O=C(Cn1[nH]c(=O)ccc1=O)NCC1CCCC(O)C1. The summed E-state index contributed by atoms with van der Waals surface area (Å²) in [6.45, 7) is 0.284. The van der Waals surface area contributed by atoms with Gasteiger partial charge in [0.2, 0.25) is 5.91 Å². The summed E-state index contributed by atoms with van der Waals surface area (Å²) in [6.07, 6.45) is 3.19. The first-order valence-electron chi connectivity index (χ1n) is 6.79. The highest BCUT2D eigenvalue weighted by Crippen LogP contribution is 2.23.